The Morgan fingerprint density at radius 3 is 2.13 bits per heavy atom. The molecule has 2 rings (SSSR count). The van der Waals surface area contributed by atoms with Crippen molar-refractivity contribution >= 4 is 28.9 Å². The van der Waals surface area contributed by atoms with E-state index in [2.05, 4.69) is 0 Å². The molecule has 0 aliphatic rings. The number of benzene rings is 2. The summed E-state index contributed by atoms with van der Waals surface area (Å²) in [4.78, 5) is 13.5. The maximum atomic E-state index is 12.6. The molecule has 0 radical (unpaired) electrons. The van der Waals surface area contributed by atoms with Gasteiger partial charge in [0.25, 0.3) is 5.91 Å². The van der Waals surface area contributed by atoms with Gasteiger partial charge in [0.2, 0.25) is 0 Å². The van der Waals surface area contributed by atoms with Crippen LogP contribution in [0, 0.1) is 6.92 Å². The number of thiocarbonyl (C=S) groups is 1. The Morgan fingerprint density at radius 2 is 1.61 bits per heavy atom. The lowest BCUT2D eigenvalue weighted by Crippen LogP contribution is -2.40. The Morgan fingerprint density at radius 1 is 1.04 bits per heavy atom. The fraction of sp³-hybridized carbons (Fsp3) is 0.0667. The minimum atomic E-state index is -0.788. The molecule has 0 fully saturated rings. The molecule has 0 atom stereocenters. The molecule has 0 spiro atoms. The van der Waals surface area contributed by atoms with Crippen molar-refractivity contribution in [1.29, 1.82) is 0 Å². The van der Waals surface area contributed by atoms with Gasteiger partial charge in [0.1, 0.15) is 5.75 Å². The molecule has 0 aliphatic carbocycles. The average Bonchev–Trinajstić information content (AvgIpc) is 2.47. The summed E-state index contributed by atoms with van der Waals surface area (Å²) in [6.07, 6.45) is 0. The van der Waals surface area contributed by atoms with Crippen LogP contribution >= 0.6 is 12.2 Å². The van der Waals surface area contributed by atoms with Crippen LogP contribution in [0.25, 0.3) is 0 Å². The highest BCUT2D eigenvalue weighted by Crippen LogP contribution is 2.37. The van der Waals surface area contributed by atoms with Gasteiger partial charge in [-0.05, 0) is 49.0 Å². The monoisotopic (exact) mass is 334 g/mol. The zero-order valence-electron chi connectivity index (χ0n) is 12.0. The van der Waals surface area contributed by atoms with E-state index in [1.54, 1.807) is 13.0 Å². The third-order valence-electron chi connectivity index (χ3n) is 3.11. The van der Waals surface area contributed by atoms with Gasteiger partial charge < -0.3 is 26.2 Å². The van der Waals surface area contributed by atoms with Crippen molar-refractivity contribution in [3.05, 3.63) is 41.5 Å². The first-order chi connectivity index (χ1) is 10.7. The maximum absolute atomic E-state index is 12.6. The van der Waals surface area contributed by atoms with Gasteiger partial charge in [-0.1, -0.05) is 6.07 Å². The number of amides is 1. The van der Waals surface area contributed by atoms with Crippen molar-refractivity contribution < 1.29 is 25.2 Å². The summed E-state index contributed by atoms with van der Waals surface area (Å²) in [6, 6.07) is 6.44. The first-order valence-electron chi connectivity index (χ1n) is 6.40. The van der Waals surface area contributed by atoms with E-state index < -0.39 is 23.2 Å². The average molecular weight is 334 g/mol. The van der Waals surface area contributed by atoms with E-state index in [4.69, 9.17) is 18.0 Å². The smallest absolute Gasteiger partial charge is 0.265 e. The van der Waals surface area contributed by atoms with Crippen LogP contribution in [0.1, 0.15) is 15.9 Å². The van der Waals surface area contributed by atoms with Crippen LogP contribution in [-0.4, -0.2) is 31.4 Å². The normalized spacial score (nSPS) is 10.3. The number of aryl methyl sites for hydroxylation is 1. The van der Waals surface area contributed by atoms with Crippen molar-refractivity contribution in [2.45, 2.75) is 6.92 Å². The summed E-state index contributed by atoms with van der Waals surface area (Å²) in [5, 5.41) is 38.0. The first-order valence-corrected chi connectivity index (χ1v) is 6.81. The van der Waals surface area contributed by atoms with Gasteiger partial charge in [-0.3, -0.25) is 4.79 Å². The SMILES string of the molecule is Cc1ccc(O)c(N(C(=O)c2cc(O)c(O)c(O)c2)C(N)=S)c1. The maximum Gasteiger partial charge on any atom is 0.265 e. The molecule has 0 aromatic heterocycles. The van der Waals surface area contributed by atoms with E-state index in [9.17, 15) is 25.2 Å². The van der Waals surface area contributed by atoms with Crippen LogP contribution in [0.15, 0.2) is 30.3 Å². The number of anilines is 1. The molecular weight excluding hydrogens is 320 g/mol. The minimum Gasteiger partial charge on any atom is -0.506 e. The number of nitrogens with zero attached hydrogens (tertiary/aromatic N) is 1. The second kappa shape index (κ2) is 6.01. The van der Waals surface area contributed by atoms with Crippen molar-refractivity contribution in [3.63, 3.8) is 0 Å². The van der Waals surface area contributed by atoms with Crippen LogP contribution < -0.4 is 10.6 Å². The van der Waals surface area contributed by atoms with E-state index in [1.807, 2.05) is 0 Å². The summed E-state index contributed by atoms with van der Waals surface area (Å²) in [5.74, 6) is -3.11. The van der Waals surface area contributed by atoms with E-state index in [0.717, 1.165) is 22.6 Å². The lowest BCUT2D eigenvalue weighted by atomic mass is 10.1. The summed E-state index contributed by atoms with van der Waals surface area (Å²) in [6.45, 7) is 1.75. The summed E-state index contributed by atoms with van der Waals surface area (Å²) in [7, 11) is 0. The highest BCUT2D eigenvalue weighted by Gasteiger charge is 2.25. The van der Waals surface area contributed by atoms with Gasteiger partial charge in [-0.25, -0.2) is 4.90 Å². The Balaban J connectivity index is 2.56. The zero-order chi connectivity index (χ0) is 17.3. The highest BCUT2D eigenvalue weighted by atomic mass is 32.1. The van der Waals surface area contributed by atoms with E-state index >= 15 is 0 Å². The zero-order valence-corrected chi connectivity index (χ0v) is 12.8. The van der Waals surface area contributed by atoms with Gasteiger partial charge in [-0.15, -0.1) is 0 Å². The fourth-order valence-electron chi connectivity index (χ4n) is 2.00. The molecule has 120 valence electrons. The second-order valence-corrected chi connectivity index (χ2v) is 5.25. The van der Waals surface area contributed by atoms with E-state index in [0.29, 0.717) is 0 Å². The number of aromatic hydroxyl groups is 4. The number of carbonyl (C=O) groups is 1. The lowest BCUT2D eigenvalue weighted by molar-refractivity contribution is 0.100. The molecule has 0 heterocycles. The number of rotatable bonds is 2. The molecule has 0 aliphatic heterocycles. The largest absolute Gasteiger partial charge is 0.506 e. The third-order valence-corrected chi connectivity index (χ3v) is 3.29. The highest BCUT2D eigenvalue weighted by molar-refractivity contribution is 7.80. The predicted molar refractivity (Wildman–Crippen MR) is 87.9 cm³/mol. The third kappa shape index (κ3) is 3.11. The molecule has 0 saturated carbocycles. The Labute approximate surface area is 136 Å². The van der Waals surface area contributed by atoms with Gasteiger partial charge in [0.05, 0.1) is 5.69 Å². The number of phenolic OH excluding ortho intramolecular Hbond substituents is 4. The number of hydrogen-bond donors (Lipinski definition) is 5. The van der Waals surface area contributed by atoms with Crippen molar-refractivity contribution in [2.24, 2.45) is 5.73 Å². The standard InChI is InChI=1S/C15H14N2O5S/c1-7-2-3-10(18)9(4-7)17(15(16)23)14(22)8-5-11(19)13(21)12(20)6-8/h2-6,18-21H,1H3,(H2,16,23). The quantitative estimate of drug-likeness (QED) is 0.418. The van der Waals surface area contributed by atoms with E-state index in [1.165, 1.54) is 12.1 Å². The van der Waals surface area contributed by atoms with Crippen LogP contribution in [0.3, 0.4) is 0 Å². The Bertz CT molecular complexity index is 783. The van der Waals surface area contributed by atoms with Crippen molar-refractivity contribution in [1.82, 2.24) is 0 Å². The van der Waals surface area contributed by atoms with Gasteiger partial charge in [-0.2, -0.15) is 0 Å². The molecule has 0 bridgehead atoms. The second-order valence-electron chi connectivity index (χ2n) is 4.83. The predicted octanol–water partition coefficient (Wildman–Crippen LogP) is 1.71. The topological polar surface area (TPSA) is 127 Å². The molecule has 2 aromatic rings. The number of carbonyl (C=O) groups excluding carboxylic acids is 1. The number of phenols is 4. The number of hydrogen-bond acceptors (Lipinski definition) is 6. The first kappa shape index (κ1) is 16.4. The molecule has 2 aromatic carbocycles. The summed E-state index contributed by atoms with van der Waals surface area (Å²) >= 11 is 4.87. The molecule has 8 heteroatoms. The lowest BCUT2D eigenvalue weighted by Gasteiger charge is -2.22. The molecule has 0 unspecified atom stereocenters. The molecule has 7 nitrogen and oxygen atoms in total. The molecular formula is C15H14N2O5S. The number of nitrogens with two attached hydrogens (primary N) is 1. The van der Waals surface area contributed by atoms with Crippen LogP contribution in [0.2, 0.25) is 0 Å². The molecule has 23 heavy (non-hydrogen) atoms. The van der Waals surface area contributed by atoms with Crippen molar-refractivity contribution in [2.75, 3.05) is 4.90 Å². The van der Waals surface area contributed by atoms with E-state index in [-0.39, 0.29) is 22.1 Å². The van der Waals surface area contributed by atoms with Crippen LogP contribution in [-0.2, 0) is 0 Å². The van der Waals surface area contributed by atoms with Gasteiger partial charge >= 0.3 is 0 Å². The summed E-state index contributed by atoms with van der Waals surface area (Å²) in [5.41, 5.74) is 6.23. The van der Waals surface area contributed by atoms with Gasteiger partial charge in [0, 0.05) is 5.56 Å². The van der Waals surface area contributed by atoms with Crippen LogP contribution in [0.5, 0.6) is 23.0 Å². The Hall–Kier alpha value is -3.00. The Kier molecular flexibility index (Phi) is 4.28. The minimum absolute atomic E-state index is 0.0644. The molecule has 0 saturated heterocycles. The molecule has 6 N–H and O–H groups in total. The van der Waals surface area contributed by atoms with Crippen LogP contribution in [0.4, 0.5) is 5.69 Å². The molecule has 1 amide bonds. The van der Waals surface area contributed by atoms with Gasteiger partial charge in [0.15, 0.2) is 22.4 Å². The fourth-order valence-corrected chi connectivity index (χ4v) is 2.18. The van der Waals surface area contributed by atoms with Crippen molar-refractivity contribution in [3.8, 4) is 23.0 Å². The summed E-state index contributed by atoms with van der Waals surface area (Å²) < 4.78 is 0.